The molecule has 1 aliphatic heterocycles. The third-order valence-corrected chi connectivity index (χ3v) is 4.36. The number of hydrogen-bond donors (Lipinski definition) is 2. The van der Waals surface area contributed by atoms with E-state index in [1.807, 2.05) is 12.3 Å². The van der Waals surface area contributed by atoms with Crippen molar-refractivity contribution in [1.29, 1.82) is 0 Å². The molecule has 6 nitrogen and oxygen atoms in total. The molecule has 2 aromatic heterocycles. The fraction of sp³-hybridized carbons (Fsp3) is 0.222. The van der Waals surface area contributed by atoms with Crippen molar-refractivity contribution in [2.24, 2.45) is 0 Å². The SMILES string of the molecule is CC1Cc2cncc(Oc3ccc4c(ccn4C(=O)O)c3)c2CN1. The summed E-state index contributed by atoms with van der Waals surface area (Å²) >= 11 is 0. The molecule has 1 aliphatic rings. The summed E-state index contributed by atoms with van der Waals surface area (Å²) in [5, 5.41) is 13.4. The highest BCUT2D eigenvalue weighted by Gasteiger charge is 2.19. The first-order valence-electron chi connectivity index (χ1n) is 7.83. The molecular weight excluding hydrogens is 306 g/mol. The van der Waals surface area contributed by atoms with Crippen LogP contribution in [0.3, 0.4) is 0 Å². The molecule has 1 unspecified atom stereocenters. The molecule has 0 saturated heterocycles. The first kappa shape index (κ1) is 14.7. The Morgan fingerprint density at radius 3 is 3.08 bits per heavy atom. The van der Waals surface area contributed by atoms with Crippen molar-refractivity contribution in [2.75, 3.05) is 0 Å². The van der Waals surface area contributed by atoms with E-state index in [9.17, 15) is 4.79 Å². The van der Waals surface area contributed by atoms with Gasteiger partial charge in [-0.25, -0.2) is 4.79 Å². The van der Waals surface area contributed by atoms with E-state index in [0.29, 0.717) is 17.3 Å². The molecule has 0 fully saturated rings. The summed E-state index contributed by atoms with van der Waals surface area (Å²) in [6, 6.07) is 7.56. The molecule has 24 heavy (non-hydrogen) atoms. The van der Waals surface area contributed by atoms with Crippen molar-refractivity contribution in [3.63, 3.8) is 0 Å². The van der Waals surface area contributed by atoms with Crippen molar-refractivity contribution in [1.82, 2.24) is 14.9 Å². The number of benzene rings is 1. The number of fused-ring (bicyclic) bond motifs is 2. The van der Waals surface area contributed by atoms with Gasteiger partial charge < -0.3 is 15.2 Å². The van der Waals surface area contributed by atoms with Gasteiger partial charge >= 0.3 is 6.09 Å². The highest BCUT2D eigenvalue weighted by Crippen LogP contribution is 2.31. The molecule has 0 bridgehead atoms. The summed E-state index contributed by atoms with van der Waals surface area (Å²) in [7, 11) is 0. The Balaban J connectivity index is 1.68. The Morgan fingerprint density at radius 2 is 2.25 bits per heavy atom. The topological polar surface area (TPSA) is 76.4 Å². The third kappa shape index (κ3) is 2.51. The van der Waals surface area contributed by atoms with Gasteiger partial charge in [0, 0.05) is 35.9 Å². The van der Waals surface area contributed by atoms with Crippen LogP contribution in [0.25, 0.3) is 10.9 Å². The molecule has 2 N–H and O–H groups in total. The van der Waals surface area contributed by atoms with E-state index in [-0.39, 0.29) is 0 Å². The van der Waals surface area contributed by atoms with Gasteiger partial charge in [0.1, 0.15) is 11.5 Å². The van der Waals surface area contributed by atoms with Gasteiger partial charge in [-0.2, -0.15) is 0 Å². The predicted molar refractivity (Wildman–Crippen MR) is 89.7 cm³/mol. The van der Waals surface area contributed by atoms with Crippen molar-refractivity contribution in [2.45, 2.75) is 25.9 Å². The molecule has 6 heteroatoms. The van der Waals surface area contributed by atoms with Gasteiger partial charge in [-0.05, 0) is 43.2 Å². The molecule has 3 aromatic rings. The standard InChI is InChI=1S/C18H17N3O3/c1-11-6-13-8-19-10-17(15(13)9-20-11)24-14-2-3-16-12(7-14)4-5-21(16)18(22)23/h2-5,7-8,10-11,20H,6,9H2,1H3,(H,22,23). The lowest BCUT2D eigenvalue weighted by Crippen LogP contribution is -2.33. The smallest absolute Gasteiger partial charge is 0.415 e. The van der Waals surface area contributed by atoms with E-state index in [4.69, 9.17) is 9.84 Å². The Morgan fingerprint density at radius 1 is 1.38 bits per heavy atom. The van der Waals surface area contributed by atoms with Crippen LogP contribution >= 0.6 is 0 Å². The van der Waals surface area contributed by atoms with Crippen LogP contribution in [0.15, 0.2) is 42.9 Å². The van der Waals surface area contributed by atoms with Crippen LogP contribution in [0, 0.1) is 0 Å². The number of hydrogen-bond acceptors (Lipinski definition) is 4. The minimum Gasteiger partial charge on any atom is -0.464 e. The van der Waals surface area contributed by atoms with Gasteiger partial charge in [0.2, 0.25) is 0 Å². The second-order valence-corrected chi connectivity index (χ2v) is 6.05. The Labute approximate surface area is 138 Å². The van der Waals surface area contributed by atoms with Gasteiger partial charge in [0.05, 0.1) is 11.7 Å². The Kier molecular flexibility index (Phi) is 3.46. The molecule has 0 amide bonds. The lowest BCUT2D eigenvalue weighted by molar-refractivity contribution is 0.197. The summed E-state index contributed by atoms with van der Waals surface area (Å²) in [6.45, 7) is 2.91. The highest BCUT2D eigenvalue weighted by molar-refractivity contribution is 5.89. The normalized spacial score (nSPS) is 16.8. The number of nitrogens with zero attached hydrogens (tertiary/aromatic N) is 2. The predicted octanol–water partition coefficient (Wildman–Crippen LogP) is 3.39. The van der Waals surface area contributed by atoms with Crippen LogP contribution in [0.1, 0.15) is 18.1 Å². The first-order valence-corrected chi connectivity index (χ1v) is 7.83. The quantitative estimate of drug-likeness (QED) is 0.756. The minimum absolute atomic E-state index is 0.432. The molecule has 0 saturated carbocycles. The van der Waals surface area contributed by atoms with E-state index in [1.54, 1.807) is 24.4 Å². The van der Waals surface area contributed by atoms with Crippen LogP contribution in [0.4, 0.5) is 4.79 Å². The van der Waals surface area contributed by atoms with Crippen molar-refractivity contribution < 1.29 is 14.6 Å². The minimum atomic E-state index is -1.000. The zero-order valence-electron chi connectivity index (χ0n) is 13.2. The second-order valence-electron chi connectivity index (χ2n) is 6.05. The van der Waals surface area contributed by atoms with Gasteiger partial charge in [0.25, 0.3) is 0 Å². The van der Waals surface area contributed by atoms with E-state index in [2.05, 4.69) is 17.2 Å². The summed E-state index contributed by atoms with van der Waals surface area (Å²) in [5.74, 6) is 1.41. The maximum Gasteiger partial charge on any atom is 0.415 e. The van der Waals surface area contributed by atoms with E-state index >= 15 is 0 Å². The monoisotopic (exact) mass is 323 g/mol. The van der Waals surface area contributed by atoms with Crippen LogP contribution in [-0.2, 0) is 13.0 Å². The van der Waals surface area contributed by atoms with Gasteiger partial charge in [-0.1, -0.05) is 0 Å². The maximum atomic E-state index is 11.2. The summed E-state index contributed by atoms with van der Waals surface area (Å²) in [5.41, 5.74) is 2.97. The average Bonchev–Trinajstić information content (AvgIpc) is 2.98. The second kappa shape index (κ2) is 5.65. The molecular formula is C18H17N3O3. The van der Waals surface area contributed by atoms with Crippen molar-refractivity contribution in [3.05, 3.63) is 54.0 Å². The number of nitrogens with one attached hydrogen (secondary N) is 1. The Hall–Kier alpha value is -2.86. The molecule has 4 rings (SSSR count). The van der Waals surface area contributed by atoms with Crippen LogP contribution in [0.5, 0.6) is 11.5 Å². The Bertz CT molecular complexity index is 932. The fourth-order valence-corrected chi connectivity index (χ4v) is 3.13. The zero-order chi connectivity index (χ0) is 16.7. The number of aromatic nitrogens is 2. The van der Waals surface area contributed by atoms with E-state index in [0.717, 1.165) is 29.7 Å². The largest absolute Gasteiger partial charge is 0.464 e. The summed E-state index contributed by atoms with van der Waals surface area (Å²) in [6.07, 6.45) is 5.09. The fourth-order valence-electron chi connectivity index (χ4n) is 3.13. The molecule has 0 radical (unpaired) electrons. The summed E-state index contributed by atoms with van der Waals surface area (Å²) in [4.78, 5) is 15.4. The van der Waals surface area contributed by atoms with Gasteiger partial charge in [-0.3, -0.25) is 9.55 Å². The highest BCUT2D eigenvalue weighted by atomic mass is 16.5. The molecule has 1 atom stereocenters. The van der Waals surface area contributed by atoms with Crippen LogP contribution in [-0.4, -0.2) is 26.8 Å². The number of pyridine rings is 1. The van der Waals surface area contributed by atoms with Crippen molar-refractivity contribution >= 4 is 17.0 Å². The third-order valence-electron chi connectivity index (χ3n) is 4.36. The van der Waals surface area contributed by atoms with E-state index < -0.39 is 6.09 Å². The lowest BCUT2D eigenvalue weighted by atomic mass is 9.98. The zero-order valence-corrected chi connectivity index (χ0v) is 13.2. The number of carbonyl (C=O) groups is 1. The average molecular weight is 323 g/mol. The molecule has 3 heterocycles. The summed E-state index contributed by atoms with van der Waals surface area (Å²) < 4.78 is 7.22. The first-order chi connectivity index (χ1) is 11.6. The number of rotatable bonds is 2. The lowest BCUT2D eigenvalue weighted by Gasteiger charge is -2.24. The number of carboxylic acid groups (broad SMARTS) is 1. The molecule has 1 aromatic carbocycles. The van der Waals surface area contributed by atoms with E-state index in [1.165, 1.54) is 16.3 Å². The van der Waals surface area contributed by atoms with Crippen LogP contribution in [0.2, 0.25) is 0 Å². The molecule has 0 aliphatic carbocycles. The van der Waals surface area contributed by atoms with Crippen molar-refractivity contribution in [3.8, 4) is 11.5 Å². The maximum absolute atomic E-state index is 11.2. The number of ether oxygens (including phenoxy) is 1. The molecule has 122 valence electrons. The molecule has 0 spiro atoms. The van der Waals surface area contributed by atoms with Crippen LogP contribution < -0.4 is 10.1 Å². The van der Waals surface area contributed by atoms with Gasteiger partial charge in [-0.15, -0.1) is 0 Å². The van der Waals surface area contributed by atoms with Gasteiger partial charge in [0.15, 0.2) is 0 Å².